The molecule has 2 N–H and O–H groups in total. The third-order valence-corrected chi connectivity index (χ3v) is 3.42. The molecule has 0 heterocycles. The molecular formula is C17H18O2. The molecule has 0 amide bonds. The monoisotopic (exact) mass is 254 g/mol. The van der Waals surface area contributed by atoms with Crippen LogP contribution < -0.4 is 0 Å². The molecule has 0 aliphatic heterocycles. The SMILES string of the molecule is C=CC(c1ccccc1)C(O)(CO)c1ccccc1. The van der Waals surface area contributed by atoms with Crippen molar-refractivity contribution in [2.75, 3.05) is 6.61 Å². The van der Waals surface area contributed by atoms with E-state index in [0.717, 1.165) is 5.56 Å². The van der Waals surface area contributed by atoms with Gasteiger partial charge in [0.25, 0.3) is 0 Å². The fourth-order valence-corrected chi connectivity index (χ4v) is 2.36. The molecule has 2 atom stereocenters. The van der Waals surface area contributed by atoms with Crippen molar-refractivity contribution in [2.45, 2.75) is 11.5 Å². The van der Waals surface area contributed by atoms with Crippen molar-refractivity contribution in [2.24, 2.45) is 0 Å². The quantitative estimate of drug-likeness (QED) is 0.805. The highest BCUT2D eigenvalue weighted by Gasteiger charge is 2.37. The zero-order valence-corrected chi connectivity index (χ0v) is 10.7. The Hall–Kier alpha value is -1.90. The van der Waals surface area contributed by atoms with Gasteiger partial charge in [-0.05, 0) is 11.1 Å². The van der Waals surface area contributed by atoms with Gasteiger partial charge in [-0.15, -0.1) is 6.58 Å². The van der Waals surface area contributed by atoms with Crippen molar-refractivity contribution in [3.63, 3.8) is 0 Å². The Morgan fingerprint density at radius 3 is 2.00 bits per heavy atom. The van der Waals surface area contributed by atoms with E-state index < -0.39 is 5.60 Å². The highest BCUT2D eigenvalue weighted by molar-refractivity contribution is 5.34. The number of rotatable bonds is 5. The summed E-state index contributed by atoms with van der Waals surface area (Å²) >= 11 is 0. The van der Waals surface area contributed by atoms with Gasteiger partial charge in [0.05, 0.1) is 6.61 Å². The summed E-state index contributed by atoms with van der Waals surface area (Å²) in [6, 6.07) is 18.8. The maximum absolute atomic E-state index is 10.9. The molecule has 0 fully saturated rings. The predicted octanol–water partition coefficient (Wildman–Crippen LogP) is 2.84. The van der Waals surface area contributed by atoms with Gasteiger partial charge in [0.2, 0.25) is 0 Å². The minimum Gasteiger partial charge on any atom is -0.393 e. The number of hydrogen-bond donors (Lipinski definition) is 2. The topological polar surface area (TPSA) is 40.5 Å². The highest BCUT2D eigenvalue weighted by atomic mass is 16.3. The third kappa shape index (κ3) is 2.60. The van der Waals surface area contributed by atoms with Crippen molar-refractivity contribution in [1.82, 2.24) is 0 Å². The minimum atomic E-state index is -1.36. The van der Waals surface area contributed by atoms with Gasteiger partial charge in [-0.25, -0.2) is 0 Å². The lowest BCUT2D eigenvalue weighted by Gasteiger charge is -2.33. The van der Waals surface area contributed by atoms with Gasteiger partial charge in [-0.2, -0.15) is 0 Å². The summed E-state index contributed by atoms with van der Waals surface area (Å²) < 4.78 is 0. The molecule has 0 saturated heterocycles. The predicted molar refractivity (Wildman–Crippen MR) is 76.8 cm³/mol. The van der Waals surface area contributed by atoms with Crippen molar-refractivity contribution in [3.05, 3.63) is 84.4 Å². The minimum absolute atomic E-state index is 0.359. The molecule has 0 aromatic heterocycles. The van der Waals surface area contributed by atoms with E-state index in [4.69, 9.17) is 0 Å². The van der Waals surface area contributed by atoms with E-state index in [2.05, 4.69) is 6.58 Å². The molecule has 2 aromatic carbocycles. The van der Waals surface area contributed by atoms with E-state index in [1.54, 1.807) is 6.08 Å². The number of benzene rings is 2. The van der Waals surface area contributed by atoms with E-state index in [-0.39, 0.29) is 12.5 Å². The molecule has 98 valence electrons. The zero-order chi connectivity index (χ0) is 13.7. The van der Waals surface area contributed by atoms with Crippen LogP contribution in [0.15, 0.2) is 73.3 Å². The molecule has 0 spiro atoms. The lowest BCUT2D eigenvalue weighted by Crippen LogP contribution is -2.36. The van der Waals surface area contributed by atoms with Crippen LogP contribution in [0.5, 0.6) is 0 Å². The van der Waals surface area contributed by atoms with Crippen LogP contribution in [0.3, 0.4) is 0 Å². The van der Waals surface area contributed by atoms with E-state index in [0.29, 0.717) is 5.56 Å². The largest absolute Gasteiger partial charge is 0.393 e. The molecule has 19 heavy (non-hydrogen) atoms. The van der Waals surface area contributed by atoms with Gasteiger partial charge >= 0.3 is 0 Å². The first kappa shape index (κ1) is 13.5. The van der Waals surface area contributed by atoms with Gasteiger partial charge in [-0.3, -0.25) is 0 Å². The molecule has 2 heteroatoms. The van der Waals surface area contributed by atoms with Gasteiger partial charge in [0.1, 0.15) is 5.60 Å². The Morgan fingerprint density at radius 1 is 1.00 bits per heavy atom. The van der Waals surface area contributed by atoms with E-state index in [9.17, 15) is 10.2 Å². The van der Waals surface area contributed by atoms with Crippen LogP contribution in [0.25, 0.3) is 0 Å². The van der Waals surface area contributed by atoms with Crippen LogP contribution in [0.1, 0.15) is 17.0 Å². The van der Waals surface area contributed by atoms with Crippen LogP contribution in [0, 0.1) is 0 Å². The molecule has 2 unspecified atom stereocenters. The molecule has 2 rings (SSSR count). The van der Waals surface area contributed by atoms with E-state index in [1.165, 1.54) is 0 Å². The van der Waals surface area contributed by atoms with Crippen LogP contribution in [0.2, 0.25) is 0 Å². The summed E-state index contributed by atoms with van der Waals surface area (Å²) in [4.78, 5) is 0. The number of hydrogen-bond acceptors (Lipinski definition) is 2. The zero-order valence-electron chi connectivity index (χ0n) is 10.7. The second-order valence-corrected chi connectivity index (χ2v) is 4.57. The Kier molecular flexibility index (Phi) is 4.15. The van der Waals surface area contributed by atoms with Gasteiger partial charge < -0.3 is 10.2 Å². The molecule has 0 radical (unpaired) electrons. The third-order valence-electron chi connectivity index (χ3n) is 3.42. The standard InChI is InChI=1S/C17H18O2/c1-2-16(14-9-5-3-6-10-14)17(19,13-18)15-11-7-4-8-12-15/h2-12,16,18-19H,1,13H2. The second kappa shape index (κ2) is 5.83. The Balaban J connectivity index is 2.47. The van der Waals surface area contributed by atoms with Gasteiger partial charge in [0, 0.05) is 5.92 Å². The maximum atomic E-state index is 10.9. The van der Waals surface area contributed by atoms with Crippen LogP contribution in [0.4, 0.5) is 0 Å². The van der Waals surface area contributed by atoms with Gasteiger partial charge in [0.15, 0.2) is 0 Å². The second-order valence-electron chi connectivity index (χ2n) is 4.57. The first-order valence-electron chi connectivity index (χ1n) is 6.28. The van der Waals surface area contributed by atoms with Crippen molar-refractivity contribution >= 4 is 0 Å². The van der Waals surface area contributed by atoms with E-state index in [1.807, 2.05) is 60.7 Å². The van der Waals surface area contributed by atoms with Crippen molar-refractivity contribution in [3.8, 4) is 0 Å². The molecule has 0 saturated carbocycles. The summed E-state index contributed by atoms with van der Waals surface area (Å²) in [7, 11) is 0. The smallest absolute Gasteiger partial charge is 0.123 e. The lowest BCUT2D eigenvalue weighted by molar-refractivity contribution is -0.0311. The molecular weight excluding hydrogens is 236 g/mol. The Morgan fingerprint density at radius 2 is 1.53 bits per heavy atom. The van der Waals surface area contributed by atoms with Crippen molar-refractivity contribution < 1.29 is 10.2 Å². The summed E-state index contributed by atoms with van der Waals surface area (Å²) in [5.74, 6) is -0.360. The summed E-state index contributed by atoms with van der Waals surface area (Å²) in [6.07, 6.45) is 1.68. The fourth-order valence-electron chi connectivity index (χ4n) is 2.36. The Labute approximate surface area is 113 Å². The fraction of sp³-hybridized carbons (Fsp3) is 0.176. The van der Waals surface area contributed by atoms with Crippen LogP contribution >= 0.6 is 0 Å². The highest BCUT2D eigenvalue weighted by Crippen LogP contribution is 2.37. The Bertz CT molecular complexity index is 521. The summed E-state index contributed by atoms with van der Waals surface area (Å²) in [5.41, 5.74) is 0.258. The average Bonchev–Trinajstić information content (AvgIpc) is 2.49. The van der Waals surface area contributed by atoms with Crippen LogP contribution in [-0.2, 0) is 5.60 Å². The first-order valence-corrected chi connectivity index (χ1v) is 6.28. The lowest BCUT2D eigenvalue weighted by atomic mass is 9.78. The summed E-state index contributed by atoms with van der Waals surface area (Å²) in [5, 5.41) is 20.6. The average molecular weight is 254 g/mol. The number of aliphatic hydroxyl groups is 2. The van der Waals surface area contributed by atoms with E-state index >= 15 is 0 Å². The molecule has 2 nitrogen and oxygen atoms in total. The van der Waals surface area contributed by atoms with Crippen molar-refractivity contribution in [1.29, 1.82) is 0 Å². The van der Waals surface area contributed by atoms with Gasteiger partial charge in [-0.1, -0.05) is 66.7 Å². The molecule has 2 aromatic rings. The molecule has 0 aliphatic carbocycles. The summed E-state index contributed by atoms with van der Waals surface area (Å²) in [6.45, 7) is 3.45. The molecule has 0 bridgehead atoms. The van der Waals surface area contributed by atoms with Crippen LogP contribution in [-0.4, -0.2) is 16.8 Å². The maximum Gasteiger partial charge on any atom is 0.123 e. The first-order chi connectivity index (χ1) is 9.22. The number of aliphatic hydroxyl groups excluding tert-OH is 1. The molecule has 0 aliphatic rings. The normalized spacial score (nSPS) is 15.5.